The van der Waals surface area contributed by atoms with Crippen LogP contribution in [-0.4, -0.2) is 25.2 Å². The minimum atomic E-state index is -1.06. The highest BCUT2D eigenvalue weighted by molar-refractivity contribution is 5.95. The van der Waals surface area contributed by atoms with Gasteiger partial charge < -0.3 is 19.7 Å². The Morgan fingerprint density at radius 2 is 1.85 bits per heavy atom. The van der Waals surface area contributed by atoms with Crippen LogP contribution in [0.25, 0.3) is 0 Å². The number of nitrogens with zero attached hydrogens (tertiary/aromatic N) is 1. The van der Waals surface area contributed by atoms with E-state index >= 15 is 0 Å². The zero-order chi connectivity index (χ0) is 18.7. The Hall–Kier alpha value is -3.16. The lowest BCUT2D eigenvalue weighted by molar-refractivity contribution is -0.117. The predicted molar refractivity (Wildman–Crippen MR) is 90.2 cm³/mol. The molecule has 3 rings (SSSR count). The second-order valence-corrected chi connectivity index (χ2v) is 5.64. The van der Waals surface area contributed by atoms with Crippen molar-refractivity contribution in [1.29, 1.82) is 0 Å². The van der Waals surface area contributed by atoms with E-state index in [1.165, 1.54) is 17.9 Å². The zero-order valence-electron chi connectivity index (χ0n) is 13.9. The molecular weight excluding hydrogens is 346 g/mol. The molecule has 0 atom stereocenters. The van der Waals surface area contributed by atoms with Gasteiger partial charge in [-0.3, -0.25) is 9.59 Å². The SMILES string of the molecule is CC(=O)N(CCC(=O)Nc1ccc2c(c1)OCO2)c1ccc(F)c(F)c1. The van der Waals surface area contributed by atoms with Crippen molar-refractivity contribution in [3.05, 3.63) is 48.0 Å². The van der Waals surface area contributed by atoms with Crippen molar-refractivity contribution in [1.82, 2.24) is 0 Å². The summed E-state index contributed by atoms with van der Waals surface area (Å²) in [5.74, 6) is -1.64. The lowest BCUT2D eigenvalue weighted by atomic mass is 10.2. The van der Waals surface area contributed by atoms with Gasteiger partial charge in [0.05, 0.1) is 0 Å². The molecule has 0 saturated carbocycles. The first-order chi connectivity index (χ1) is 12.4. The van der Waals surface area contributed by atoms with Crippen molar-refractivity contribution in [3.63, 3.8) is 0 Å². The zero-order valence-corrected chi connectivity index (χ0v) is 13.9. The van der Waals surface area contributed by atoms with Gasteiger partial charge in [-0.05, 0) is 24.3 Å². The summed E-state index contributed by atoms with van der Waals surface area (Å²) >= 11 is 0. The average Bonchev–Trinajstić information content (AvgIpc) is 3.05. The Morgan fingerprint density at radius 3 is 2.58 bits per heavy atom. The van der Waals surface area contributed by atoms with Crippen LogP contribution in [0.4, 0.5) is 20.2 Å². The van der Waals surface area contributed by atoms with Crippen LogP contribution in [0.1, 0.15) is 13.3 Å². The minimum absolute atomic E-state index is 0.0208. The third kappa shape index (κ3) is 3.90. The van der Waals surface area contributed by atoms with E-state index in [0.717, 1.165) is 12.1 Å². The first kappa shape index (κ1) is 17.7. The monoisotopic (exact) mass is 362 g/mol. The number of hydrogen-bond acceptors (Lipinski definition) is 4. The molecule has 1 N–H and O–H groups in total. The maximum Gasteiger partial charge on any atom is 0.231 e. The van der Waals surface area contributed by atoms with Crippen LogP contribution in [0.15, 0.2) is 36.4 Å². The average molecular weight is 362 g/mol. The lowest BCUT2D eigenvalue weighted by Gasteiger charge is -2.21. The second kappa shape index (κ2) is 7.38. The van der Waals surface area contributed by atoms with Crippen LogP contribution in [0.2, 0.25) is 0 Å². The van der Waals surface area contributed by atoms with E-state index in [1.54, 1.807) is 18.2 Å². The second-order valence-electron chi connectivity index (χ2n) is 5.64. The van der Waals surface area contributed by atoms with Gasteiger partial charge in [0.15, 0.2) is 23.1 Å². The van der Waals surface area contributed by atoms with Crippen molar-refractivity contribution in [2.45, 2.75) is 13.3 Å². The summed E-state index contributed by atoms with van der Waals surface area (Å²) in [6.45, 7) is 1.45. The van der Waals surface area contributed by atoms with E-state index in [9.17, 15) is 18.4 Å². The Morgan fingerprint density at radius 1 is 1.08 bits per heavy atom. The third-order valence-electron chi connectivity index (χ3n) is 3.81. The van der Waals surface area contributed by atoms with Crippen LogP contribution in [0.5, 0.6) is 11.5 Å². The highest BCUT2D eigenvalue weighted by Crippen LogP contribution is 2.34. The number of carbonyl (C=O) groups excluding carboxylic acids is 2. The number of anilines is 2. The lowest BCUT2D eigenvalue weighted by Crippen LogP contribution is -2.32. The summed E-state index contributed by atoms with van der Waals surface area (Å²) < 4.78 is 36.9. The molecular formula is C18H16F2N2O4. The van der Waals surface area contributed by atoms with Crippen molar-refractivity contribution in [2.75, 3.05) is 23.6 Å². The van der Waals surface area contributed by atoms with E-state index in [4.69, 9.17) is 9.47 Å². The molecule has 0 aliphatic carbocycles. The number of fused-ring (bicyclic) bond motifs is 1. The minimum Gasteiger partial charge on any atom is -0.454 e. The maximum atomic E-state index is 13.4. The van der Waals surface area contributed by atoms with Crippen molar-refractivity contribution in [2.24, 2.45) is 0 Å². The molecule has 136 valence electrons. The topological polar surface area (TPSA) is 67.9 Å². The van der Waals surface area contributed by atoms with Gasteiger partial charge >= 0.3 is 0 Å². The summed E-state index contributed by atoms with van der Waals surface area (Å²) in [6.07, 6.45) is -0.0208. The normalized spacial score (nSPS) is 12.0. The first-order valence-corrected chi connectivity index (χ1v) is 7.86. The molecule has 6 nitrogen and oxygen atoms in total. The number of nitrogens with one attached hydrogen (secondary N) is 1. The molecule has 0 radical (unpaired) electrons. The van der Waals surface area contributed by atoms with Gasteiger partial charge in [0.2, 0.25) is 18.6 Å². The van der Waals surface area contributed by atoms with E-state index < -0.39 is 11.6 Å². The van der Waals surface area contributed by atoms with Crippen LogP contribution < -0.4 is 19.7 Å². The fraction of sp³-hybridized carbons (Fsp3) is 0.222. The third-order valence-corrected chi connectivity index (χ3v) is 3.81. The van der Waals surface area contributed by atoms with Crippen LogP contribution in [0.3, 0.4) is 0 Å². The van der Waals surface area contributed by atoms with Crippen LogP contribution in [0, 0.1) is 11.6 Å². The largest absolute Gasteiger partial charge is 0.454 e. The fourth-order valence-corrected chi connectivity index (χ4v) is 2.53. The van der Waals surface area contributed by atoms with Gasteiger partial charge in [-0.15, -0.1) is 0 Å². The molecule has 0 spiro atoms. The molecule has 0 saturated heterocycles. The summed E-state index contributed by atoms with van der Waals surface area (Å²) in [7, 11) is 0. The van der Waals surface area contributed by atoms with Gasteiger partial charge in [-0.1, -0.05) is 0 Å². The Bertz CT molecular complexity index is 857. The van der Waals surface area contributed by atoms with E-state index in [2.05, 4.69) is 5.32 Å². The smallest absolute Gasteiger partial charge is 0.231 e. The molecule has 0 aromatic heterocycles. The molecule has 0 unspecified atom stereocenters. The van der Waals surface area contributed by atoms with Crippen molar-refractivity contribution >= 4 is 23.2 Å². The molecule has 2 amide bonds. The van der Waals surface area contributed by atoms with E-state index in [0.29, 0.717) is 17.2 Å². The predicted octanol–water partition coefficient (Wildman–Crippen LogP) is 3.08. The summed E-state index contributed by atoms with van der Waals surface area (Å²) in [5.41, 5.74) is 0.716. The summed E-state index contributed by atoms with van der Waals surface area (Å²) in [4.78, 5) is 25.1. The van der Waals surface area contributed by atoms with Gasteiger partial charge in [0, 0.05) is 43.4 Å². The number of rotatable bonds is 5. The van der Waals surface area contributed by atoms with Crippen molar-refractivity contribution in [3.8, 4) is 11.5 Å². The number of benzene rings is 2. The summed E-state index contributed by atoms with van der Waals surface area (Å²) in [6, 6.07) is 8.14. The van der Waals surface area contributed by atoms with Gasteiger partial charge in [-0.2, -0.15) is 0 Å². The summed E-state index contributed by atoms with van der Waals surface area (Å²) in [5, 5.41) is 2.69. The number of hydrogen-bond donors (Lipinski definition) is 1. The molecule has 1 aliphatic heterocycles. The standard InChI is InChI=1S/C18H16F2N2O4/c1-11(23)22(13-3-4-14(19)15(20)9-13)7-6-18(24)21-12-2-5-16-17(8-12)26-10-25-16/h2-5,8-9H,6-7,10H2,1H3,(H,21,24). The molecule has 2 aromatic rings. The Balaban J connectivity index is 1.62. The Kier molecular flexibility index (Phi) is 5.01. The molecule has 1 aliphatic rings. The van der Waals surface area contributed by atoms with Gasteiger partial charge in [0.1, 0.15) is 0 Å². The van der Waals surface area contributed by atoms with Crippen LogP contribution in [-0.2, 0) is 9.59 Å². The number of ether oxygens (including phenoxy) is 2. The Labute approximate surface area is 148 Å². The fourth-order valence-electron chi connectivity index (χ4n) is 2.53. The molecule has 26 heavy (non-hydrogen) atoms. The molecule has 0 fully saturated rings. The van der Waals surface area contributed by atoms with E-state index in [1.807, 2.05) is 0 Å². The quantitative estimate of drug-likeness (QED) is 0.888. The number of halogens is 2. The molecule has 2 aromatic carbocycles. The van der Waals surface area contributed by atoms with E-state index in [-0.39, 0.29) is 37.3 Å². The number of amides is 2. The molecule has 0 bridgehead atoms. The first-order valence-electron chi connectivity index (χ1n) is 7.86. The number of carbonyl (C=O) groups is 2. The maximum absolute atomic E-state index is 13.4. The molecule has 1 heterocycles. The highest BCUT2D eigenvalue weighted by Gasteiger charge is 2.17. The van der Waals surface area contributed by atoms with Crippen LogP contribution >= 0.6 is 0 Å². The molecule has 8 heteroatoms. The highest BCUT2D eigenvalue weighted by atomic mass is 19.2. The van der Waals surface area contributed by atoms with Crippen molar-refractivity contribution < 1.29 is 27.8 Å². The van der Waals surface area contributed by atoms with Gasteiger partial charge in [-0.25, -0.2) is 8.78 Å². The van der Waals surface area contributed by atoms with Gasteiger partial charge in [0.25, 0.3) is 0 Å².